The third-order valence-corrected chi connectivity index (χ3v) is 24.1. The Morgan fingerprint density at radius 3 is 0.652 bits per heavy atom. The lowest BCUT2D eigenvalue weighted by Gasteiger charge is -2.11. The van der Waals surface area contributed by atoms with Crippen LogP contribution in [0, 0.1) is 90.0 Å². The van der Waals surface area contributed by atoms with Gasteiger partial charge in [0.2, 0.25) is 0 Å². The summed E-state index contributed by atoms with van der Waals surface area (Å²) < 4.78 is 0. The molecule has 0 aromatic heterocycles. The zero-order chi connectivity index (χ0) is 98.1. The predicted octanol–water partition coefficient (Wildman–Crippen LogP) is 25.8. The van der Waals surface area contributed by atoms with Crippen molar-refractivity contribution in [2.45, 2.75) is 176 Å². The third-order valence-electron chi connectivity index (χ3n) is 24.1. The Labute approximate surface area is 824 Å². The standard InChI is InChI=1S/C17H22N2.2C16H20N2.2C15H18N2.C14H16N2.2C13H14N2.3CH4/c1-10-5-14(6-11(2)16(10)18)9-15-7-12(3)17(19)13(4)8-15;1-11-9-15(17)7-5-13(11)3-4-14-6-8-16(18)10-12(14)2;1-11-9-13(5-7-15(11)17)3-4-14-6-8-16(18)12(2)10-14;1-10-7-14(16)5-3-12(10)9-13-4-6-15(17)8-11(13)2;1-10-7-12(3-5-14(10)16)9-13-4-6-15(17)11(2)8-13;1-10-5-6-12(9-14(10)16)7-11-3-2-4-13(15)8-11;14-12-5-1-10(2-6-12)9-11-3-7-13(15)8-4-11;14-12-6-4-10(5-7-12)8-11-2-1-3-13(15)9-11;;;/h5-8H,9,18-19H2,1-4H3;2*5-10H,3-4,17-18H2,1-2H3;2*3-8H,9,16-17H2,1-2H3;2-6,8-9H,7,15-16H2,1H3;1-8H,9,14-15H2;1-7,9H,8,14-15H2;3*1H4. The lowest BCUT2D eigenvalue weighted by atomic mass is 9.96. The highest BCUT2D eigenvalue weighted by Gasteiger charge is 2.12. The normalized spacial score (nSPS) is 10.2. The van der Waals surface area contributed by atoms with Crippen LogP contribution in [0.15, 0.2) is 309 Å². The topological polar surface area (TPSA) is 416 Å². The van der Waals surface area contributed by atoms with Crippen molar-refractivity contribution in [1.29, 1.82) is 0 Å². The molecule has 0 bridgehead atoms. The Kier molecular flexibility index (Phi) is 43.5. The summed E-state index contributed by atoms with van der Waals surface area (Å²) in [5.41, 5.74) is 142. The maximum atomic E-state index is 6.00. The molecule has 138 heavy (non-hydrogen) atoms. The monoisotopic (exact) mass is 1840 g/mol. The van der Waals surface area contributed by atoms with E-state index in [0.717, 1.165) is 205 Å². The number of nitrogens with two attached hydrogens (primary N) is 16. The van der Waals surface area contributed by atoms with Crippen LogP contribution in [-0.2, 0) is 64.2 Å². The summed E-state index contributed by atoms with van der Waals surface area (Å²) in [7, 11) is 0. The Hall–Kier alpha value is -15.7. The van der Waals surface area contributed by atoms with E-state index >= 15 is 0 Å². The van der Waals surface area contributed by atoms with Gasteiger partial charge >= 0.3 is 0 Å². The van der Waals surface area contributed by atoms with E-state index in [0.29, 0.717) is 0 Å². The number of aryl methyl sites for hydroxylation is 17. The highest BCUT2D eigenvalue weighted by Crippen LogP contribution is 2.29. The molecule has 16 aromatic rings. The molecule has 0 heterocycles. The first-order valence-electron chi connectivity index (χ1n) is 45.8. The molecule has 32 N–H and O–H groups in total. The Morgan fingerprint density at radius 1 is 0.138 bits per heavy atom. The van der Waals surface area contributed by atoms with E-state index in [1.54, 1.807) is 0 Å². The molecule has 0 saturated carbocycles. The zero-order valence-electron chi connectivity index (χ0n) is 81.3. The maximum absolute atomic E-state index is 6.00. The molecule has 0 aliphatic rings. The second-order valence-corrected chi connectivity index (χ2v) is 35.8. The molecule has 0 aliphatic heterocycles. The van der Waals surface area contributed by atoms with Crippen LogP contribution in [0.2, 0.25) is 0 Å². The fraction of sp³-hybridized carbons (Fsp3) is 0.213. The summed E-state index contributed by atoms with van der Waals surface area (Å²) in [4.78, 5) is 0. The number of hydrogen-bond donors (Lipinski definition) is 16. The van der Waals surface area contributed by atoms with Gasteiger partial charge in [0.1, 0.15) is 0 Å². The third kappa shape index (κ3) is 36.3. The molecule has 16 rings (SSSR count). The van der Waals surface area contributed by atoms with Crippen LogP contribution in [0.1, 0.15) is 184 Å². The summed E-state index contributed by atoms with van der Waals surface area (Å²) >= 11 is 0. The Morgan fingerprint density at radius 2 is 0.362 bits per heavy atom. The average molecular weight is 1840 g/mol. The minimum absolute atomic E-state index is 0. The van der Waals surface area contributed by atoms with Crippen molar-refractivity contribution in [1.82, 2.24) is 0 Å². The Bertz CT molecular complexity index is 6250. The number of hydrogen-bond acceptors (Lipinski definition) is 16. The van der Waals surface area contributed by atoms with E-state index < -0.39 is 0 Å². The molecule has 722 valence electrons. The second kappa shape index (κ2) is 54.0. The predicted molar refractivity (Wildman–Crippen MR) is 607 cm³/mol. The molecule has 0 fully saturated rings. The van der Waals surface area contributed by atoms with Crippen LogP contribution in [-0.4, -0.2) is 0 Å². The molecular formula is C122H154N16. The fourth-order valence-corrected chi connectivity index (χ4v) is 15.7. The second-order valence-electron chi connectivity index (χ2n) is 35.8. The molecule has 0 saturated heterocycles. The van der Waals surface area contributed by atoms with Crippen LogP contribution in [0.3, 0.4) is 0 Å². The molecule has 0 unspecified atom stereocenters. The summed E-state index contributed by atoms with van der Waals surface area (Å²) in [6.07, 6.45) is 9.59. The minimum atomic E-state index is 0. The van der Waals surface area contributed by atoms with E-state index in [1.165, 1.54) is 111 Å². The SMILES string of the molecule is C.C.C.Cc1cc(CCc2ccc(N)c(C)c2)ccc1N.Cc1cc(Cc2cc(C)c(N)c(C)c2)cc(C)c1N.Cc1cc(Cc2ccc(N)c(C)c2)ccc1N.Cc1cc(N)ccc1CCc1ccc(N)cc1C.Cc1cc(N)ccc1Cc1ccc(N)cc1C.Cc1ccc(Cc2cccc(N)c2)cc1N.Nc1ccc(Cc2ccc(N)cc2)cc1.Nc1ccc(Cc2cccc(N)c2)cc1. The number of benzene rings is 16. The van der Waals surface area contributed by atoms with Crippen molar-refractivity contribution in [3.8, 4) is 0 Å². The van der Waals surface area contributed by atoms with E-state index in [1.807, 2.05) is 223 Å². The van der Waals surface area contributed by atoms with Crippen molar-refractivity contribution in [3.63, 3.8) is 0 Å². The summed E-state index contributed by atoms with van der Waals surface area (Å²) in [5.74, 6) is 0. The highest BCUT2D eigenvalue weighted by molar-refractivity contribution is 5.61. The smallest absolute Gasteiger partial charge is 0.0373 e. The van der Waals surface area contributed by atoms with E-state index in [2.05, 4.69) is 177 Å². The number of nitrogen functional groups attached to an aromatic ring is 16. The van der Waals surface area contributed by atoms with Crippen molar-refractivity contribution >= 4 is 91.0 Å². The Balaban J connectivity index is 0.000000241. The number of anilines is 16. The van der Waals surface area contributed by atoms with E-state index in [9.17, 15) is 0 Å². The maximum Gasteiger partial charge on any atom is 0.0373 e. The van der Waals surface area contributed by atoms with Gasteiger partial charge in [0, 0.05) is 91.0 Å². The molecule has 0 radical (unpaired) electrons. The first-order valence-corrected chi connectivity index (χ1v) is 45.8. The molecular weight excluding hydrogens is 1690 g/mol. The van der Waals surface area contributed by atoms with Gasteiger partial charge in [-0.15, -0.1) is 0 Å². The molecule has 0 atom stereocenters. The van der Waals surface area contributed by atoms with Crippen LogP contribution in [0.4, 0.5) is 91.0 Å². The van der Waals surface area contributed by atoms with Crippen molar-refractivity contribution in [3.05, 3.63) is 471 Å². The van der Waals surface area contributed by atoms with Gasteiger partial charge in [-0.3, -0.25) is 0 Å². The van der Waals surface area contributed by atoms with E-state index in [4.69, 9.17) is 91.7 Å². The van der Waals surface area contributed by atoms with Gasteiger partial charge in [-0.25, -0.2) is 0 Å². The fourth-order valence-electron chi connectivity index (χ4n) is 15.7. The lowest BCUT2D eigenvalue weighted by molar-refractivity contribution is 0.940. The largest absolute Gasteiger partial charge is 0.399 e. The number of rotatable bonds is 18. The molecule has 16 nitrogen and oxygen atoms in total. The zero-order valence-corrected chi connectivity index (χ0v) is 81.3. The van der Waals surface area contributed by atoms with Crippen molar-refractivity contribution in [2.75, 3.05) is 91.7 Å². The van der Waals surface area contributed by atoms with Gasteiger partial charge in [0.25, 0.3) is 0 Å². The van der Waals surface area contributed by atoms with Gasteiger partial charge < -0.3 is 91.7 Å². The van der Waals surface area contributed by atoms with Crippen molar-refractivity contribution in [2.24, 2.45) is 0 Å². The quantitative estimate of drug-likeness (QED) is 0.0355. The van der Waals surface area contributed by atoms with Crippen LogP contribution < -0.4 is 91.7 Å². The van der Waals surface area contributed by atoms with Gasteiger partial charge in [0.05, 0.1) is 0 Å². The first kappa shape index (κ1) is 111. The van der Waals surface area contributed by atoms with Gasteiger partial charge in [-0.1, -0.05) is 192 Å². The summed E-state index contributed by atoms with van der Waals surface area (Å²) in [6, 6.07) is 104. The highest BCUT2D eigenvalue weighted by atomic mass is 14.6. The average Bonchev–Trinajstić information content (AvgIpc) is 0.816. The van der Waals surface area contributed by atoms with Crippen LogP contribution in [0.5, 0.6) is 0 Å². The molecule has 0 amide bonds. The van der Waals surface area contributed by atoms with E-state index in [-0.39, 0.29) is 22.3 Å². The van der Waals surface area contributed by atoms with Gasteiger partial charge in [0.15, 0.2) is 0 Å². The van der Waals surface area contributed by atoms with Gasteiger partial charge in [-0.2, -0.15) is 0 Å². The van der Waals surface area contributed by atoms with Crippen LogP contribution in [0.25, 0.3) is 0 Å². The molecule has 16 heteroatoms. The van der Waals surface area contributed by atoms with Crippen molar-refractivity contribution < 1.29 is 0 Å². The van der Waals surface area contributed by atoms with Gasteiger partial charge in [-0.05, 0) is 455 Å². The minimum Gasteiger partial charge on any atom is -0.399 e. The summed E-state index contributed by atoms with van der Waals surface area (Å²) in [5, 5.41) is 0. The van der Waals surface area contributed by atoms with Crippen LogP contribution >= 0.6 is 0 Å². The summed E-state index contributed by atoms with van der Waals surface area (Å²) in [6.45, 7) is 26.8. The lowest BCUT2D eigenvalue weighted by Crippen LogP contribution is -1.99. The molecule has 0 spiro atoms. The molecule has 16 aromatic carbocycles. The molecule has 0 aliphatic carbocycles. The first-order chi connectivity index (χ1) is 64.2.